The monoisotopic (exact) mass is 742 g/mol. The summed E-state index contributed by atoms with van der Waals surface area (Å²) >= 11 is 0. The van der Waals surface area contributed by atoms with Crippen molar-refractivity contribution in [2.24, 2.45) is 11.8 Å². The van der Waals surface area contributed by atoms with Crippen LogP contribution >= 0.6 is 0 Å². The van der Waals surface area contributed by atoms with Crippen molar-refractivity contribution in [2.45, 2.75) is 89.4 Å². The van der Waals surface area contributed by atoms with Gasteiger partial charge >= 0.3 is 18.0 Å². The predicted octanol–water partition coefficient (Wildman–Crippen LogP) is 2.09. The van der Waals surface area contributed by atoms with Gasteiger partial charge in [0.25, 0.3) is 0 Å². The van der Waals surface area contributed by atoms with E-state index < -0.39 is 99.7 Å². The molecule has 1 aliphatic carbocycles. The number of carboxylic acid groups (broad SMARTS) is 2. The molecule has 0 bridgehead atoms. The molecule has 6 N–H and O–H groups in total. The summed E-state index contributed by atoms with van der Waals surface area (Å²) < 4.78 is 29.8. The minimum absolute atomic E-state index is 0.144. The van der Waals surface area contributed by atoms with Crippen LogP contribution in [0.1, 0.15) is 57.2 Å². The Morgan fingerprint density at radius 1 is 0.769 bits per heavy atom. The van der Waals surface area contributed by atoms with Gasteiger partial charge in [-0.3, -0.25) is 24.0 Å². The Morgan fingerprint density at radius 3 is 1.88 bits per heavy atom. The summed E-state index contributed by atoms with van der Waals surface area (Å²) in [5.41, 5.74) is 2.52. The van der Waals surface area contributed by atoms with Crippen molar-refractivity contribution >= 4 is 45.6 Å². The van der Waals surface area contributed by atoms with Gasteiger partial charge in [0.05, 0.1) is 24.1 Å². The summed E-state index contributed by atoms with van der Waals surface area (Å²) in [7, 11) is -3.72. The average molecular weight is 743 g/mol. The van der Waals surface area contributed by atoms with E-state index in [0.717, 1.165) is 22.6 Å². The molecule has 1 aliphatic rings. The van der Waals surface area contributed by atoms with E-state index >= 15 is 0 Å². The molecule has 2 aromatic carbocycles. The number of hydrogen-bond acceptors (Lipinski definition) is 9. The molecule has 2 aromatic rings. The molecule has 0 radical (unpaired) electrons. The number of carboxylic acids is 2. The lowest BCUT2D eigenvalue weighted by Crippen LogP contribution is -2.60. The van der Waals surface area contributed by atoms with Crippen LogP contribution in [0.3, 0.4) is 0 Å². The molecule has 0 saturated heterocycles. The molecule has 282 valence electrons. The molecule has 52 heavy (non-hydrogen) atoms. The maximum Gasteiger partial charge on any atom is 0.408 e. The molecule has 0 heterocycles. The summed E-state index contributed by atoms with van der Waals surface area (Å²) in [6.07, 6.45) is -0.729. The Kier molecular flexibility index (Phi) is 14.9. The van der Waals surface area contributed by atoms with E-state index in [2.05, 4.69) is 21.3 Å². The third-order valence-corrected chi connectivity index (χ3v) is 10.3. The van der Waals surface area contributed by atoms with Gasteiger partial charge in [-0.2, -0.15) is 0 Å². The zero-order chi connectivity index (χ0) is 38.6. The number of fused-ring (bicyclic) bond motifs is 1. The van der Waals surface area contributed by atoms with Crippen LogP contribution in [0, 0.1) is 11.8 Å². The average Bonchev–Trinajstić information content (AvgIpc) is 3.51. The van der Waals surface area contributed by atoms with E-state index in [1.54, 1.807) is 44.2 Å². The van der Waals surface area contributed by atoms with Crippen molar-refractivity contribution in [3.05, 3.63) is 82.8 Å². The number of sulfone groups is 1. The zero-order valence-corrected chi connectivity index (χ0v) is 30.2. The van der Waals surface area contributed by atoms with Crippen LogP contribution in [0.25, 0.3) is 0 Å². The highest BCUT2D eigenvalue weighted by atomic mass is 32.2. The van der Waals surface area contributed by atoms with Crippen LogP contribution in [-0.2, 0) is 58.0 Å². The van der Waals surface area contributed by atoms with Gasteiger partial charge < -0.3 is 36.2 Å². The quantitative estimate of drug-likeness (QED) is 0.129. The van der Waals surface area contributed by atoms with E-state index in [-0.39, 0.29) is 6.61 Å². The normalized spacial score (nSPS) is 15.3. The minimum atomic E-state index is -3.72. The Hall–Kier alpha value is -5.25. The topological polar surface area (TPSA) is 234 Å². The fourth-order valence-corrected chi connectivity index (χ4v) is 6.26. The second kappa shape index (κ2) is 18.8. The molecule has 0 aliphatic heterocycles. The summed E-state index contributed by atoms with van der Waals surface area (Å²) in [5, 5.41) is 29.0. The van der Waals surface area contributed by atoms with Crippen LogP contribution in [0.4, 0.5) is 4.79 Å². The van der Waals surface area contributed by atoms with Gasteiger partial charge in [0.15, 0.2) is 9.84 Å². The molecule has 16 heteroatoms. The van der Waals surface area contributed by atoms with Gasteiger partial charge in [-0.25, -0.2) is 13.2 Å². The Bertz CT molecular complexity index is 1720. The highest BCUT2D eigenvalue weighted by molar-refractivity contribution is 7.94. The third kappa shape index (κ3) is 12.5. The fraction of sp³-hybridized carbons (Fsp3) is 0.444. The van der Waals surface area contributed by atoms with E-state index in [1.807, 2.05) is 24.3 Å². The molecular weight excluding hydrogens is 696 g/mol. The second-order valence-corrected chi connectivity index (χ2v) is 15.6. The van der Waals surface area contributed by atoms with Gasteiger partial charge in [0, 0.05) is 5.41 Å². The number of hydrogen-bond donors (Lipinski definition) is 6. The fourth-order valence-electron chi connectivity index (χ4n) is 5.54. The van der Waals surface area contributed by atoms with Crippen molar-refractivity contribution < 1.29 is 52.1 Å². The maximum atomic E-state index is 14.0. The Balaban J connectivity index is 1.84. The van der Waals surface area contributed by atoms with Gasteiger partial charge in [0.1, 0.15) is 24.7 Å². The van der Waals surface area contributed by atoms with Crippen LogP contribution in [-0.4, -0.2) is 83.8 Å². The lowest BCUT2D eigenvalue weighted by Gasteiger charge is -2.30. The number of nitrogens with one attached hydrogen (secondary N) is 4. The van der Waals surface area contributed by atoms with Crippen LogP contribution in [0.15, 0.2) is 66.1 Å². The van der Waals surface area contributed by atoms with E-state index in [4.69, 9.17) is 4.74 Å². The molecule has 0 fully saturated rings. The van der Waals surface area contributed by atoms with Crippen molar-refractivity contribution in [3.63, 3.8) is 0 Å². The highest BCUT2D eigenvalue weighted by Gasteiger charge is 2.38. The largest absolute Gasteiger partial charge is 0.481 e. The number of ether oxygens (including phenoxy) is 1. The number of carbonyl (C=O) groups excluding carboxylic acids is 4. The van der Waals surface area contributed by atoms with Crippen LogP contribution in [0.2, 0.25) is 0 Å². The number of aliphatic carboxylic acids is 2. The zero-order valence-electron chi connectivity index (χ0n) is 29.4. The van der Waals surface area contributed by atoms with Gasteiger partial charge in [-0.15, -0.1) is 0 Å². The first kappa shape index (κ1) is 41.2. The van der Waals surface area contributed by atoms with Gasteiger partial charge in [-0.05, 0) is 55.2 Å². The third-order valence-electron chi connectivity index (χ3n) is 8.46. The van der Waals surface area contributed by atoms with Crippen LogP contribution in [0.5, 0.6) is 0 Å². The number of amides is 4. The van der Waals surface area contributed by atoms with E-state index in [1.165, 1.54) is 13.8 Å². The summed E-state index contributed by atoms with van der Waals surface area (Å²) in [6.45, 7) is 6.01. The van der Waals surface area contributed by atoms with Crippen molar-refractivity contribution in [1.82, 2.24) is 21.3 Å². The molecule has 0 spiro atoms. The smallest absolute Gasteiger partial charge is 0.408 e. The van der Waals surface area contributed by atoms with Crippen molar-refractivity contribution in [3.8, 4) is 0 Å². The van der Waals surface area contributed by atoms with Crippen molar-refractivity contribution in [2.75, 3.05) is 0 Å². The summed E-state index contributed by atoms with van der Waals surface area (Å²) in [5.74, 6) is -6.35. The second-order valence-electron chi connectivity index (χ2n) is 13.2. The first-order chi connectivity index (χ1) is 24.5. The molecule has 4 unspecified atom stereocenters. The van der Waals surface area contributed by atoms with E-state index in [0.29, 0.717) is 18.4 Å². The first-order valence-electron chi connectivity index (χ1n) is 16.8. The molecule has 15 nitrogen and oxygen atoms in total. The first-order valence-corrected chi connectivity index (χ1v) is 18.4. The molecule has 4 atom stereocenters. The lowest BCUT2D eigenvalue weighted by atomic mass is 9.93. The summed E-state index contributed by atoms with van der Waals surface area (Å²) in [4.78, 5) is 77.0. The minimum Gasteiger partial charge on any atom is -0.481 e. The molecule has 3 rings (SSSR count). The highest BCUT2D eigenvalue weighted by Crippen LogP contribution is 2.29. The van der Waals surface area contributed by atoms with Crippen LogP contribution < -0.4 is 21.3 Å². The number of alkyl carbamates (subject to hydrolysis) is 1. The SMILES string of the molecule is CC(C)C(NC(=O)C(NC(=O)C(CC(=O)O)NC(=O)OCc1ccccc1)C1Cc2ccccc2C1)C(=O)NC(C=CS(=O)(=O)C(C)C)CC(=O)O. The van der Waals surface area contributed by atoms with Gasteiger partial charge in [0.2, 0.25) is 17.7 Å². The number of benzene rings is 2. The standard InChI is InChI=1S/C36H46N4O11S/c1-21(2)31(34(46)37-27(18-29(41)42)14-15-52(49,50)22(3)4)39-35(47)32(26-16-24-12-8-9-13-25(24)17-26)40-33(45)28(19-30(43)44)38-36(48)51-20-23-10-6-5-7-11-23/h5-15,21-22,26-28,31-32H,16-20H2,1-4H3,(H,37,46)(H,38,48)(H,39,47)(H,40,45)(H,41,42)(H,43,44). The van der Waals surface area contributed by atoms with E-state index in [9.17, 15) is 47.4 Å². The Labute approximate surface area is 302 Å². The predicted molar refractivity (Wildman–Crippen MR) is 189 cm³/mol. The molecular formula is C36H46N4O11S. The molecule has 0 saturated carbocycles. The van der Waals surface area contributed by atoms with Gasteiger partial charge in [-0.1, -0.05) is 74.5 Å². The number of carbonyl (C=O) groups is 6. The Morgan fingerprint density at radius 2 is 1.35 bits per heavy atom. The van der Waals surface area contributed by atoms with Crippen molar-refractivity contribution in [1.29, 1.82) is 0 Å². The molecule has 4 amide bonds. The number of rotatable bonds is 18. The molecule has 0 aromatic heterocycles. The summed E-state index contributed by atoms with van der Waals surface area (Å²) in [6, 6.07) is 10.7. The lowest BCUT2D eigenvalue weighted by molar-refractivity contribution is -0.140. The maximum absolute atomic E-state index is 14.0.